The second-order valence-corrected chi connectivity index (χ2v) is 7.42. The summed E-state index contributed by atoms with van der Waals surface area (Å²) in [6.45, 7) is 4.42. The SMILES string of the molecule is Cc1cc(C)n(-c2ccc(C(=O)N3CC(C(=O)O)C(c4ccccc4)C3)cn2)n1. The Kier molecular flexibility index (Phi) is 4.88. The molecule has 148 valence electrons. The largest absolute Gasteiger partial charge is 0.481 e. The number of amides is 1. The van der Waals surface area contributed by atoms with Crippen molar-refractivity contribution in [2.45, 2.75) is 19.8 Å². The molecule has 0 saturated carbocycles. The predicted molar refractivity (Wildman–Crippen MR) is 107 cm³/mol. The van der Waals surface area contributed by atoms with Crippen LogP contribution in [0.2, 0.25) is 0 Å². The lowest BCUT2D eigenvalue weighted by atomic mass is 9.89. The fraction of sp³-hybridized carbons (Fsp3) is 0.273. The molecule has 0 aliphatic carbocycles. The number of carbonyl (C=O) groups excluding carboxylic acids is 1. The molecule has 4 rings (SSSR count). The van der Waals surface area contributed by atoms with Crippen LogP contribution in [0.3, 0.4) is 0 Å². The molecule has 1 aliphatic rings. The lowest BCUT2D eigenvalue weighted by Crippen LogP contribution is -2.30. The molecule has 3 heterocycles. The number of nitrogens with zero attached hydrogens (tertiary/aromatic N) is 4. The molecule has 0 radical (unpaired) electrons. The first-order chi connectivity index (χ1) is 13.9. The Labute approximate surface area is 168 Å². The highest BCUT2D eigenvalue weighted by Gasteiger charge is 2.40. The zero-order chi connectivity index (χ0) is 20.5. The Hall–Kier alpha value is -3.48. The van der Waals surface area contributed by atoms with Gasteiger partial charge in [0.25, 0.3) is 5.91 Å². The number of aryl methyl sites for hydroxylation is 2. The zero-order valence-electron chi connectivity index (χ0n) is 16.3. The molecule has 7 heteroatoms. The van der Waals surface area contributed by atoms with Crippen LogP contribution < -0.4 is 0 Å². The first kappa shape index (κ1) is 18.9. The Morgan fingerprint density at radius 1 is 1.07 bits per heavy atom. The minimum absolute atomic E-state index is 0.187. The van der Waals surface area contributed by atoms with Gasteiger partial charge < -0.3 is 10.0 Å². The topological polar surface area (TPSA) is 88.3 Å². The van der Waals surface area contributed by atoms with Gasteiger partial charge in [-0.2, -0.15) is 5.10 Å². The van der Waals surface area contributed by atoms with Crippen LogP contribution in [0.5, 0.6) is 0 Å². The van der Waals surface area contributed by atoms with Crippen LogP contribution in [0.15, 0.2) is 54.7 Å². The number of pyridine rings is 1. The van der Waals surface area contributed by atoms with E-state index in [1.165, 1.54) is 6.20 Å². The fourth-order valence-electron chi connectivity index (χ4n) is 3.94. The van der Waals surface area contributed by atoms with Gasteiger partial charge in [-0.15, -0.1) is 0 Å². The second-order valence-electron chi connectivity index (χ2n) is 7.42. The van der Waals surface area contributed by atoms with Crippen molar-refractivity contribution in [3.63, 3.8) is 0 Å². The van der Waals surface area contributed by atoms with E-state index in [1.54, 1.807) is 21.7 Å². The molecule has 1 aliphatic heterocycles. The highest BCUT2D eigenvalue weighted by Crippen LogP contribution is 2.33. The number of hydrogen-bond acceptors (Lipinski definition) is 4. The number of benzene rings is 1. The Morgan fingerprint density at radius 2 is 1.83 bits per heavy atom. The van der Waals surface area contributed by atoms with Crippen LogP contribution in [0.1, 0.15) is 33.2 Å². The summed E-state index contributed by atoms with van der Waals surface area (Å²) in [7, 11) is 0. The van der Waals surface area contributed by atoms with Crippen molar-refractivity contribution in [1.29, 1.82) is 0 Å². The maximum atomic E-state index is 13.0. The van der Waals surface area contributed by atoms with Crippen LogP contribution in [-0.2, 0) is 4.79 Å². The van der Waals surface area contributed by atoms with Gasteiger partial charge in [-0.05, 0) is 37.6 Å². The van der Waals surface area contributed by atoms with E-state index in [2.05, 4.69) is 10.1 Å². The fourth-order valence-corrected chi connectivity index (χ4v) is 3.94. The Bertz CT molecular complexity index is 1040. The molecule has 3 aromatic rings. The number of aliphatic carboxylic acids is 1. The molecule has 2 unspecified atom stereocenters. The maximum Gasteiger partial charge on any atom is 0.308 e. The Morgan fingerprint density at radius 3 is 2.41 bits per heavy atom. The standard InChI is InChI=1S/C22H22N4O3/c1-14-10-15(2)26(24-14)20-9-8-17(11-23-20)21(27)25-12-18(19(13-25)22(28)29)16-6-4-3-5-7-16/h3-11,18-19H,12-13H2,1-2H3,(H,28,29). The summed E-state index contributed by atoms with van der Waals surface area (Å²) in [4.78, 5) is 30.7. The van der Waals surface area contributed by atoms with Gasteiger partial charge in [0.2, 0.25) is 0 Å². The van der Waals surface area contributed by atoms with Crippen molar-refractivity contribution in [2.75, 3.05) is 13.1 Å². The van der Waals surface area contributed by atoms with Crippen LogP contribution in [-0.4, -0.2) is 49.7 Å². The third-order valence-electron chi connectivity index (χ3n) is 5.37. The number of likely N-dealkylation sites (tertiary alicyclic amines) is 1. The van der Waals surface area contributed by atoms with E-state index in [1.807, 2.05) is 50.2 Å². The van der Waals surface area contributed by atoms with Crippen molar-refractivity contribution < 1.29 is 14.7 Å². The number of carbonyl (C=O) groups is 2. The quantitative estimate of drug-likeness (QED) is 0.740. The molecule has 1 N–H and O–H groups in total. The predicted octanol–water partition coefficient (Wildman–Crippen LogP) is 2.82. The number of rotatable bonds is 4. The highest BCUT2D eigenvalue weighted by molar-refractivity contribution is 5.94. The maximum absolute atomic E-state index is 13.0. The van der Waals surface area contributed by atoms with Gasteiger partial charge in [-0.25, -0.2) is 9.67 Å². The van der Waals surface area contributed by atoms with Gasteiger partial charge >= 0.3 is 5.97 Å². The molecule has 1 fully saturated rings. The summed E-state index contributed by atoms with van der Waals surface area (Å²) in [5.41, 5.74) is 3.23. The van der Waals surface area contributed by atoms with Gasteiger partial charge in [0.1, 0.15) is 0 Å². The molecular weight excluding hydrogens is 368 g/mol. The van der Waals surface area contributed by atoms with E-state index in [4.69, 9.17) is 0 Å². The van der Waals surface area contributed by atoms with E-state index >= 15 is 0 Å². The van der Waals surface area contributed by atoms with Crippen LogP contribution in [0, 0.1) is 19.8 Å². The van der Waals surface area contributed by atoms with Crippen molar-refractivity contribution in [3.05, 3.63) is 77.2 Å². The number of hydrogen-bond donors (Lipinski definition) is 1. The number of carboxylic acid groups (broad SMARTS) is 1. The third kappa shape index (κ3) is 3.63. The lowest BCUT2D eigenvalue weighted by molar-refractivity contribution is -0.141. The smallest absolute Gasteiger partial charge is 0.308 e. The summed E-state index contributed by atoms with van der Waals surface area (Å²) in [5, 5.41) is 14.0. The average molecular weight is 390 g/mol. The van der Waals surface area contributed by atoms with E-state index in [9.17, 15) is 14.7 Å². The molecule has 1 aromatic carbocycles. The monoisotopic (exact) mass is 390 g/mol. The molecule has 7 nitrogen and oxygen atoms in total. The molecular formula is C22H22N4O3. The van der Waals surface area contributed by atoms with E-state index < -0.39 is 11.9 Å². The van der Waals surface area contributed by atoms with Crippen molar-refractivity contribution >= 4 is 11.9 Å². The third-order valence-corrected chi connectivity index (χ3v) is 5.37. The van der Waals surface area contributed by atoms with E-state index in [-0.39, 0.29) is 18.4 Å². The molecule has 1 amide bonds. The number of carboxylic acids is 1. The van der Waals surface area contributed by atoms with Crippen LogP contribution in [0.25, 0.3) is 5.82 Å². The minimum atomic E-state index is -0.882. The molecule has 2 aromatic heterocycles. The average Bonchev–Trinajstić information content (AvgIpc) is 3.32. The molecule has 29 heavy (non-hydrogen) atoms. The van der Waals surface area contributed by atoms with Gasteiger partial charge in [0.05, 0.1) is 17.2 Å². The molecule has 0 bridgehead atoms. The second kappa shape index (κ2) is 7.50. The molecule has 2 atom stereocenters. The highest BCUT2D eigenvalue weighted by atomic mass is 16.4. The van der Waals surface area contributed by atoms with Gasteiger partial charge in [-0.3, -0.25) is 9.59 Å². The summed E-state index contributed by atoms with van der Waals surface area (Å²) in [6.07, 6.45) is 1.53. The van der Waals surface area contributed by atoms with E-state index in [0.29, 0.717) is 17.9 Å². The molecule has 1 saturated heterocycles. The number of aromatic nitrogens is 3. The van der Waals surface area contributed by atoms with Crippen molar-refractivity contribution in [2.24, 2.45) is 5.92 Å². The Balaban J connectivity index is 1.55. The minimum Gasteiger partial charge on any atom is -0.481 e. The van der Waals surface area contributed by atoms with Gasteiger partial charge in [-0.1, -0.05) is 30.3 Å². The lowest BCUT2D eigenvalue weighted by Gasteiger charge is -2.16. The zero-order valence-corrected chi connectivity index (χ0v) is 16.3. The summed E-state index contributed by atoms with van der Waals surface area (Å²) in [6, 6.07) is 14.9. The van der Waals surface area contributed by atoms with Crippen molar-refractivity contribution in [3.8, 4) is 5.82 Å². The first-order valence-electron chi connectivity index (χ1n) is 9.51. The molecule has 0 spiro atoms. The van der Waals surface area contributed by atoms with Crippen molar-refractivity contribution in [1.82, 2.24) is 19.7 Å². The normalized spacial score (nSPS) is 18.8. The van der Waals surface area contributed by atoms with Gasteiger partial charge in [0.15, 0.2) is 5.82 Å². The summed E-state index contributed by atoms with van der Waals surface area (Å²) in [5.74, 6) is -1.30. The first-order valence-corrected chi connectivity index (χ1v) is 9.51. The summed E-state index contributed by atoms with van der Waals surface area (Å²) >= 11 is 0. The summed E-state index contributed by atoms with van der Waals surface area (Å²) < 4.78 is 1.73. The van der Waals surface area contributed by atoms with Crippen LogP contribution in [0.4, 0.5) is 0 Å². The van der Waals surface area contributed by atoms with E-state index in [0.717, 1.165) is 17.0 Å². The van der Waals surface area contributed by atoms with Gasteiger partial charge in [0, 0.05) is 30.9 Å². The van der Waals surface area contributed by atoms with Crippen LogP contribution >= 0.6 is 0 Å².